The molecule has 9 heteroatoms. The highest BCUT2D eigenvalue weighted by atomic mass is 35.5. The highest BCUT2D eigenvalue weighted by Crippen LogP contribution is 2.23. The van der Waals surface area contributed by atoms with Crippen molar-refractivity contribution in [3.05, 3.63) is 101 Å². The van der Waals surface area contributed by atoms with Gasteiger partial charge in [-0.15, -0.1) is 0 Å². The molecular formula is C31H38ClN3O4S. The Morgan fingerprint density at radius 2 is 1.65 bits per heavy atom. The summed E-state index contributed by atoms with van der Waals surface area (Å²) in [5.74, 6) is -0.419. The molecular weight excluding hydrogens is 546 g/mol. The van der Waals surface area contributed by atoms with Crippen LogP contribution in [0.2, 0.25) is 5.02 Å². The van der Waals surface area contributed by atoms with Crippen LogP contribution in [0.3, 0.4) is 0 Å². The molecule has 40 heavy (non-hydrogen) atoms. The fraction of sp³-hybridized carbons (Fsp3) is 0.355. The van der Waals surface area contributed by atoms with Crippen LogP contribution in [0.5, 0.6) is 0 Å². The number of aryl methyl sites for hydroxylation is 1. The van der Waals surface area contributed by atoms with E-state index in [0.717, 1.165) is 29.4 Å². The Hall–Kier alpha value is -3.36. The summed E-state index contributed by atoms with van der Waals surface area (Å²) in [6.07, 6.45) is 2.63. The minimum absolute atomic E-state index is 0.0742. The zero-order valence-electron chi connectivity index (χ0n) is 23.3. The molecule has 0 saturated carbocycles. The number of anilines is 1. The minimum atomic E-state index is -3.60. The van der Waals surface area contributed by atoms with Crippen LogP contribution in [0.15, 0.2) is 78.9 Å². The Bertz CT molecular complexity index is 1380. The second-order valence-corrected chi connectivity index (χ2v) is 12.3. The summed E-state index contributed by atoms with van der Waals surface area (Å²) in [6, 6.07) is 23.4. The molecule has 1 N–H and O–H groups in total. The maximum atomic E-state index is 13.8. The number of amides is 2. The Kier molecular flexibility index (Phi) is 11.6. The van der Waals surface area contributed by atoms with Gasteiger partial charge in [0.2, 0.25) is 21.8 Å². The molecule has 2 amide bonds. The van der Waals surface area contributed by atoms with Crippen LogP contribution in [-0.4, -0.2) is 50.5 Å². The van der Waals surface area contributed by atoms with Gasteiger partial charge in [-0.05, 0) is 49.1 Å². The van der Waals surface area contributed by atoms with Crippen molar-refractivity contribution >= 4 is 39.1 Å². The molecule has 214 valence electrons. The quantitative estimate of drug-likeness (QED) is 0.277. The zero-order chi connectivity index (χ0) is 29.1. The highest BCUT2D eigenvalue weighted by molar-refractivity contribution is 7.92. The summed E-state index contributed by atoms with van der Waals surface area (Å²) in [7, 11) is -3.60. The van der Waals surface area contributed by atoms with E-state index < -0.39 is 16.1 Å². The van der Waals surface area contributed by atoms with Crippen LogP contribution in [0.4, 0.5) is 5.69 Å². The van der Waals surface area contributed by atoms with Crippen molar-refractivity contribution in [1.82, 2.24) is 10.2 Å². The van der Waals surface area contributed by atoms with Gasteiger partial charge in [0.1, 0.15) is 6.04 Å². The predicted octanol–water partition coefficient (Wildman–Crippen LogP) is 5.36. The van der Waals surface area contributed by atoms with Crippen molar-refractivity contribution in [1.29, 1.82) is 0 Å². The van der Waals surface area contributed by atoms with Crippen molar-refractivity contribution in [2.75, 3.05) is 23.7 Å². The van der Waals surface area contributed by atoms with Gasteiger partial charge in [0.05, 0.1) is 11.9 Å². The lowest BCUT2D eigenvalue weighted by molar-refractivity contribution is -0.141. The monoisotopic (exact) mass is 583 g/mol. The predicted molar refractivity (Wildman–Crippen MR) is 162 cm³/mol. The molecule has 0 aliphatic rings. The van der Waals surface area contributed by atoms with Gasteiger partial charge in [-0.1, -0.05) is 84.8 Å². The summed E-state index contributed by atoms with van der Waals surface area (Å²) in [6.45, 7) is 4.85. The average Bonchev–Trinajstić information content (AvgIpc) is 2.91. The fourth-order valence-electron chi connectivity index (χ4n) is 4.56. The molecule has 3 aromatic rings. The third-order valence-electron chi connectivity index (χ3n) is 6.50. The number of carbonyl (C=O) groups is 2. The second kappa shape index (κ2) is 14.9. The Balaban J connectivity index is 1.87. The molecule has 0 aliphatic carbocycles. The molecule has 0 aliphatic heterocycles. The normalized spacial score (nSPS) is 12.0. The van der Waals surface area contributed by atoms with Crippen molar-refractivity contribution < 1.29 is 18.0 Å². The van der Waals surface area contributed by atoms with Crippen LogP contribution < -0.4 is 9.62 Å². The van der Waals surface area contributed by atoms with E-state index in [1.165, 1.54) is 4.31 Å². The van der Waals surface area contributed by atoms with Crippen molar-refractivity contribution in [2.24, 2.45) is 0 Å². The molecule has 0 fully saturated rings. The fourth-order valence-corrected chi connectivity index (χ4v) is 5.70. The number of hydrogen-bond donors (Lipinski definition) is 1. The van der Waals surface area contributed by atoms with E-state index in [-0.39, 0.29) is 37.7 Å². The molecule has 0 unspecified atom stereocenters. The number of rotatable bonds is 14. The molecule has 3 aromatic carbocycles. The van der Waals surface area contributed by atoms with E-state index in [1.807, 2.05) is 68.4 Å². The van der Waals surface area contributed by atoms with Crippen LogP contribution in [0.1, 0.15) is 42.9 Å². The average molecular weight is 584 g/mol. The van der Waals surface area contributed by atoms with E-state index in [1.54, 1.807) is 29.2 Å². The first-order valence-electron chi connectivity index (χ1n) is 13.5. The van der Waals surface area contributed by atoms with Gasteiger partial charge in [0.25, 0.3) is 0 Å². The van der Waals surface area contributed by atoms with E-state index in [2.05, 4.69) is 5.32 Å². The smallest absolute Gasteiger partial charge is 0.243 e. The SMILES string of the molecule is CCCNC(=O)[C@@H](Cc1ccccc1)N(Cc1cccc(C)c1)C(=O)CCCN(c1cccc(Cl)c1)S(C)(=O)=O. The number of nitrogens with one attached hydrogen (secondary N) is 1. The molecule has 7 nitrogen and oxygen atoms in total. The summed E-state index contributed by atoms with van der Waals surface area (Å²) in [5, 5.41) is 3.40. The number of hydrogen-bond acceptors (Lipinski definition) is 4. The topological polar surface area (TPSA) is 86.8 Å². The number of nitrogens with zero attached hydrogens (tertiary/aromatic N) is 2. The molecule has 1 atom stereocenters. The number of carbonyl (C=O) groups excluding carboxylic acids is 2. The number of sulfonamides is 1. The molecule has 0 saturated heterocycles. The molecule has 0 radical (unpaired) electrons. The van der Waals surface area contributed by atoms with Crippen LogP contribution in [0.25, 0.3) is 0 Å². The van der Waals surface area contributed by atoms with Gasteiger partial charge in [0, 0.05) is 37.5 Å². The second-order valence-electron chi connectivity index (χ2n) is 9.93. The van der Waals surface area contributed by atoms with E-state index in [4.69, 9.17) is 11.6 Å². The first-order chi connectivity index (χ1) is 19.1. The van der Waals surface area contributed by atoms with Crippen LogP contribution in [-0.2, 0) is 32.6 Å². The highest BCUT2D eigenvalue weighted by Gasteiger charge is 2.30. The maximum absolute atomic E-state index is 13.8. The lowest BCUT2D eigenvalue weighted by Gasteiger charge is -2.32. The van der Waals surface area contributed by atoms with Gasteiger partial charge >= 0.3 is 0 Å². The van der Waals surface area contributed by atoms with E-state index in [0.29, 0.717) is 23.7 Å². The van der Waals surface area contributed by atoms with Gasteiger partial charge in [-0.2, -0.15) is 0 Å². The van der Waals surface area contributed by atoms with Crippen LogP contribution in [0, 0.1) is 6.92 Å². The largest absolute Gasteiger partial charge is 0.354 e. The van der Waals surface area contributed by atoms with Crippen molar-refractivity contribution in [3.63, 3.8) is 0 Å². The van der Waals surface area contributed by atoms with Crippen molar-refractivity contribution in [3.8, 4) is 0 Å². The van der Waals surface area contributed by atoms with Gasteiger partial charge in [-0.25, -0.2) is 8.42 Å². The first kappa shape index (κ1) is 31.2. The lowest BCUT2D eigenvalue weighted by Crippen LogP contribution is -2.50. The Labute approximate surface area is 243 Å². The molecule has 0 aromatic heterocycles. The van der Waals surface area contributed by atoms with Gasteiger partial charge in [0.15, 0.2) is 0 Å². The molecule has 0 bridgehead atoms. The van der Waals surface area contributed by atoms with Gasteiger partial charge < -0.3 is 10.2 Å². The maximum Gasteiger partial charge on any atom is 0.243 e. The summed E-state index contributed by atoms with van der Waals surface area (Å²) < 4.78 is 26.4. The minimum Gasteiger partial charge on any atom is -0.354 e. The van der Waals surface area contributed by atoms with Crippen LogP contribution >= 0.6 is 11.6 Å². The van der Waals surface area contributed by atoms with E-state index >= 15 is 0 Å². The van der Waals surface area contributed by atoms with Gasteiger partial charge in [-0.3, -0.25) is 13.9 Å². The standard InChI is InChI=1S/C31H38ClN3O4S/c1-4-18-33-31(37)29(21-25-12-6-5-7-13-25)34(23-26-14-8-11-24(2)20-26)30(36)17-10-19-35(40(3,38)39)28-16-9-15-27(32)22-28/h5-9,11-16,20,22,29H,4,10,17-19,21,23H2,1-3H3,(H,33,37)/t29-/m1/s1. The summed E-state index contributed by atoms with van der Waals surface area (Å²) in [4.78, 5) is 28.9. The van der Waals surface area contributed by atoms with E-state index in [9.17, 15) is 18.0 Å². The number of halogens is 1. The molecule has 0 heterocycles. The summed E-state index contributed by atoms with van der Waals surface area (Å²) >= 11 is 6.10. The first-order valence-corrected chi connectivity index (χ1v) is 15.7. The Morgan fingerprint density at radius 3 is 2.30 bits per heavy atom. The molecule has 0 spiro atoms. The third-order valence-corrected chi connectivity index (χ3v) is 7.93. The number of benzene rings is 3. The zero-order valence-corrected chi connectivity index (χ0v) is 24.9. The lowest BCUT2D eigenvalue weighted by atomic mass is 10.0. The molecule has 3 rings (SSSR count). The third kappa shape index (κ3) is 9.38. The Morgan fingerprint density at radius 1 is 0.950 bits per heavy atom. The van der Waals surface area contributed by atoms with Crippen molar-refractivity contribution in [2.45, 2.75) is 52.1 Å². The summed E-state index contributed by atoms with van der Waals surface area (Å²) in [5.41, 5.74) is 3.38.